The molecule has 0 spiro atoms. The van der Waals surface area contributed by atoms with Crippen molar-refractivity contribution in [2.75, 3.05) is 6.54 Å². The Hall–Kier alpha value is -0.730. The minimum absolute atomic E-state index is 0.258. The van der Waals surface area contributed by atoms with Crippen molar-refractivity contribution in [3.05, 3.63) is 28.8 Å². The normalized spacial score (nSPS) is 27.9. The van der Waals surface area contributed by atoms with Crippen molar-refractivity contribution in [3.63, 3.8) is 0 Å². The Balaban J connectivity index is 1.51. The van der Waals surface area contributed by atoms with Crippen molar-refractivity contribution in [1.82, 2.24) is 5.32 Å². The predicted molar refractivity (Wildman–Crippen MR) is 83.6 cm³/mol. The molecule has 3 rings (SSSR count). The molecule has 1 saturated carbocycles. The molecule has 3 heteroatoms. The number of ether oxygens (including phenoxy) is 1. The fraction of sp³-hybridized carbons (Fsp3) is 0.647. The molecule has 0 radical (unpaired) electrons. The van der Waals surface area contributed by atoms with Crippen LogP contribution in [0.15, 0.2) is 18.2 Å². The van der Waals surface area contributed by atoms with E-state index in [1.165, 1.54) is 31.2 Å². The van der Waals surface area contributed by atoms with E-state index in [9.17, 15) is 0 Å². The average Bonchev–Trinajstić information content (AvgIpc) is 2.77. The molecule has 1 aromatic carbocycles. The van der Waals surface area contributed by atoms with Crippen molar-refractivity contribution < 1.29 is 4.74 Å². The Bertz CT molecular complexity index is 486. The molecule has 2 aliphatic rings. The van der Waals surface area contributed by atoms with Crippen LogP contribution < -0.4 is 10.1 Å². The third kappa shape index (κ3) is 3.29. The maximum absolute atomic E-state index is 6.03. The third-order valence-electron chi connectivity index (χ3n) is 4.60. The van der Waals surface area contributed by atoms with E-state index >= 15 is 0 Å². The van der Waals surface area contributed by atoms with Gasteiger partial charge in [-0.05, 0) is 48.4 Å². The number of benzene rings is 1. The molecule has 1 aliphatic heterocycles. The molecule has 110 valence electrons. The molecular formula is C17H24ClNO. The summed E-state index contributed by atoms with van der Waals surface area (Å²) in [6.07, 6.45) is 6.50. The second-order valence-electron chi connectivity index (χ2n) is 7.06. The van der Waals surface area contributed by atoms with Gasteiger partial charge in [0.2, 0.25) is 0 Å². The van der Waals surface area contributed by atoms with Crippen LogP contribution in [0.3, 0.4) is 0 Å². The van der Waals surface area contributed by atoms with Gasteiger partial charge in [-0.15, -0.1) is 0 Å². The van der Waals surface area contributed by atoms with Gasteiger partial charge in [-0.3, -0.25) is 0 Å². The molecule has 1 aliphatic carbocycles. The van der Waals surface area contributed by atoms with Crippen LogP contribution in [-0.4, -0.2) is 18.7 Å². The number of hydrogen-bond acceptors (Lipinski definition) is 2. The highest BCUT2D eigenvalue weighted by molar-refractivity contribution is 6.30. The van der Waals surface area contributed by atoms with Gasteiger partial charge in [0.05, 0.1) is 0 Å². The number of nitrogens with one attached hydrogen (secondary N) is 1. The molecule has 2 atom stereocenters. The van der Waals surface area contributed by atoms with Gasteiger partial charge in [0.1, 0.15) is 11.9 Å². The number of rotatable bonds is 3. The fourth-order valence-corrected chi connectivity index (χ4v) is 3.77. The highest BCUT2D eigenvalue weighted by Crippen LogP contribution is 2.35. The van der Waals surface area contributed by atoms with Crippen LogP contribution in [0.5, 0.6) is 5.75 Å². The molecule has 0 saturated heterocycles. The van der Waals surface area contributed by atoms with Crippen molar-refractivity contribution in [2.45, 2.75) is 58.1 Å². The summed E-state index contributed by atoms with van der Waals surface area (Å²) in [5, 5.41) is 4.51. The van der Waals surface area contributed by atoms with Gasteiger partial charge in [0.15, 0.2) is 0 Å². The summed E-state index contributed by atoms with van der Waals surface area (Å²) in [6.45, 7) is 5.70. The molecule has 0 bridgehead atoms. The topological polar surface area (TPSA) is 21.3 Å². The number of halogens is 1. The van der Waals surface area contributed by atoms with Gasteiger partial charge < -0.3 is 10.1 Å². The van der Waals surface area contributed by atoms with E-state index in [4.69, 9.17) is 16.3 Å². The smallest absolute Gasteiger partial charge is 0.123 e. The third-order valence-corrected chi connectivity index (χ3v) is 4.84. The zero-order chi connectivity index (χ0) is 14.2. The largest absolute Gasteiger partial charge is 0.488 e. The minimum Gasteiger partial charge on any atom is -0.488 e. The van der Waals surface area contributed by atoms with Crippen molar-refractivity contribution in [3.8, 4) is 5.75 Å². The maximum atomic E-state index is 6.03. The quantitative estimate of drug-likeness (QED) is 0.902. The first-order valence-electron chi connectivity index (χ1n) is 7.70. The van der Waals surface area contributed by atoms with E-state index in [0.717, 1.165) is 23.7 Å². The first-order valence-corrected chi connectivity index (χ1v) is 8.08. The SMILES string of the molecule is CC1(C)CCCC(NCC2Cc3cc(Cl)ccc3O2)C1. The highest BCUT2D eigenvalue weighted by atomic mass is 35.5. The number of fused-ring (bicyclic) bond motifs is 1. The summed E-state index contributed by atoms with van der Waals surface area (Å²) >= 11 is 6.03. The number of hydrogen-bond donors (Lipinski definition) is 1. The molecule has 1 N–H and O–H groups in total. The fourth-order valence-electron chi connectivity index (χ4n) is 3.57. The summed E-state index contributed by atoms with van der Waals surface area (Å²) in [6, 6.07) is 6.57. The lowest BCUT2D eigenvalue weighted by atomic mass is 9.75. The first-order chi connectivity index (χ1) is 9.52. The molecule has 1 heterocycles. The minimum atomic E-state index is 0.258. The second-order valence-corrected chi connectivity index (χ2v) is 7.50. The van der Waals surface area contributed by atoms with Crippen LogP contribution in [-0.2, 0) is 6.42 Å². The zero-order valence-corrected chi connectivity index (χ0v) is 13.2. The highest BCUT2D eigenvalue weighted by Gasteiger charge is 2.29. The molecule has 2 unspecified atom stereocenters. The molecule has 2 nitrogen and oxygen atoms in total. The Morgan fingerprint density at radius 1 is 1.40 bits per heavy atom. The van der Waals surface area contributed by atoms with Crippen molar-refractivity contribution in [1.29, 1.82) is 0 Å². The van der Waals surface area contributed by atoms with Gasteiger partial charge in [-0.25, -0.2) is 0 Å². The molecular weight excluding hydrogens is 270 g/mol. The van der Waals surface area contributed by atoms with Crippen molar-refractivity contribution >= 4 is 11.6 Å². The Morgan fingerprint density at radius 3 is 3.05 bits per heavy atom. The van der Waals surface area contributed by atoms with Gasteiger partial charge >= 0.3 is 0 Å². The van der Waals surface area contributed by atoms with E-state index in [1.807, 2.05) is 18.2 Å². The molecule has 0 amide bonds. The summed E-state index contributed by atoms with van der Waals surface area (Å²) in [4.78, 5) is 0. The van der Waals surface area contributed by atoms with E-state index in [2.05, 4.69) is 19.2 Å². The summed E-state index contributed by atoms with van der Waals surface area (Å²) in [5.41, 5.74) is 1.73. The lowest BCUT2D eigenvalue weighted by Crippen LogP contribution is -2.41. The second kappa shape index (κ2) is 5.57. The van der Waals surface area contributed by atoms with Crippen LogP contribution in [0, 0.1) is 5.41 Å². The maximum Gasteiger partial charge on any atom is 0.123 e. The van der Waals surface area contributed by atoms with Gasteiger partial charge in [0, 0.05) is 24.0 Å². The van der Waals surface area contributed by atoms with Crippen LogP contribution >= 0.6 is 11.6 Å². The van der Waals surface area contributed by atoms with Gasteiger partial charge in [-0.1, -0.05) is 31.9 Å². The van der Waals surface area contributed by atoms with E-state index in [1.54, 1.807) is 0 Å². The van der Waals surface area contributed by atoms with Crippen molar-refractivity contribution in [2.24, 2.45) is 5.41 Å². The Kier molecular flexibility index (Phi) is 3.96. The molecule has 0 aromatic heterocycles. The summed E-state index contributed by atoms with van der Waals surface area (Å²) < 4.78 is 5.98. The van der Waals surface area contributed by atoms with Crippen LogP contribution in [0.2, 0.25) is 5.02 Å². The van der Waals surface area contributed by atoms with Gasteiger partial charge in [-0.2, -0.15) is 0 Å². The molecule has 1 fully saturated rings. The predicted octanol–water partition coefficient (Wildman–Crippen LogP) is 4.20. The Labute approximate surface area is 126 Å². The van der Waals surface area contributed by atoms with Crippen LogP contribution in [0.1, 0.15) is 45.1 Å². The zero-order valence-electron chi connectivity index (χ0n) is 12.4. The molecule has 1 aromatic rings. The van der Waals surface area contributed by atoms with Gasteiger partial charge in [0.25, 0.3) is 0 Å². The van der Waals surface area contributed by atoms with Crippen LogP contribution in [0.4, 0.5) is 0 Å². The standard InChI is InChI=1S/C17H24ClNO/c1-17(2)7-3-4-14(10-17)19-11-15-9-12-8-13(18)5-6-16(12)20-15/h5-6,8,14-15,19H,3-4,7,9-11H2,1-2H3. The summed E-state index contributed by atoms with van der Waals surface area (Å²) in [5.74, 6) is 1.00. The first kappa shape index (κ1) is 14.2. The lowest BCUT2D eigenvalue weighted by Gasteiger charge is -2.36. The van der Waals surface area contributed by atoms with E-state index in [-0.39, 0.29) is 6.10 Å². The van der Waals surface area contributed by atoms with E-state index < -0.39 is 0 Å². The summed E-state index contributed by atoms with van der Waals surface area (Å²) in [7, 11) is 0. The molecule has 20 heavy (non-hydrogen) atoms. The Morgan fingerprint density at radius 2 is 2.25 bits per heavy atom. The average molecular weight is 294 g/mol. The monoisotopic (exact) mass is 293 g/mol. The van der Waals surface area contributed by atoms with E-state index in [0.29, 0.717) is 11.5 Å². The van der Waals surface area contributed by atoms with Crippen LogP contribution in [0.25, 0.3) is 0 Å². The lowest BCUT2D eigenvalue weighted by molar-refractivity contribution is 0.173.